The molecule has 1 atom stereocenters. The Morgan fingerprint density at radius 1 is 0.969 bits per heavy atom. The quantitative estimate of drug-likeness (QED) is 0.504. The first kappa shape index (κ1) is 23.1. The minimum Gasteiger partial charge on any atom is -0.444 e. The van der Waals surface area contributed by atoms with Crippen molar-refractivity contribution in [2.75, 3.05) is 5.32 Å². The molecular formula is C23H23F3N4O2. The molecule has 0 fully saturated rings. The average Bonchev–Trinajstić information content (AvgIpc) is 2.72. The minimum absolute atomic E-state index is 0.132. The van der Waals surface area contributed by atoms with Crippen molar-refractivity contribution in [1.29, 1.82) is 0 Å². The van der Waals surface area contributed by atoms with Gasteiger partial charge in [0, 0.05) is 17.4 Å². The van der Waals surface area contributed by atoms with Crippen molar-refractivity contribution < 1.29 is 22.7 Å². The molecule has 1 aromatic heterocycles. The molecule has 9 heteroatoms. The maximum Gasteiger partial charge on any atom is 0.412 e. The highest BCUT2D eigenvalue weighted by atomic mass is 19.4. The number of benzene rings is 2. The molecule has 0 aliphatic carbocycles. The SMILES string of the molecule is CC(C)(C)OC(=O)NC(c1ccc(Nc2nccc(-c3ccccc3)n2)cc1)C(F)(F)F. The summed E-state index contributed by atoms with van der Waals surface area (Å²) in [6.07, 6.45) is -4.25. The molecule has 6 nitrogen and oxygen atoms in total. The molecule has 0 saturated heterocycles. The monoisotopic (exact) mass is 444 g/mol. The zero-order chi connectivity index (χ0) is 23.4. The van der Waals surface area contributed by atoms with Gasteiger partial charge in [0.05, 0.1) is 5.69 Å². The third-order valence-corrected chi connectivity index (χ3v) is 4.21. The number of nitrogens with one attached hydrogen (secondary N) is 2. The van der Waals surface area contributed by atoms with Crippen LogP contribution in [0.4, 0.5) is 29.6 Å². The molecule has 0 radical (unpaired) electrons. The number of carbonyl (C=O) groups is 1. The topological polar surface area (TPSA) is 76.1 Å². The van der Waals surface area contributed by atoms with Gasteiger partial charge in [-0.15, -0.1) is 0 Å². The van der Waals surface area contributed by atoms with E-state index in [2.05, 4.69) is 15.3 Å². The van der Waals surface area contributed by atoms with Gasteiger partial charge in [-0.25, -0.2) is 14.8 Å². The van der Waals surface area contributed by atoms with E-state index in [0.29, 0.717) is 17.3 Å². The fourth-order valence-corrected chi connectivity index (χ4v) is 2.86. The lowest BCUT2D eigenvalue weighted by molar-refractivity contribution is -0.156. The second-order valence-corrected chi connectivity index (χ2v) is 8.00. The van der Waals surface area contributed by atoms with Crippen LogP contribution < -0.4 is 10.6 Å². The molecule has 0 aliphatic heterocycles. The Hall–Kier alpha value is -3.62. The lowest BCUT2D eigenvalue weighted by Gasteiger charge is -2.25. The third kappa shape index (κ3) is 6.44. The Kier molecular flexibility index (Phi) is 6.67. The van der Waals surface area contributed by atoms with E-state index in [0.717, 1.165) is 5.56 Å². The van der Waals surface area contributed by atoms with Crippen LogP contribution in [0.3, 0.4) is 0 Å². The molecule has 0 aliphatic rings. The van der Waals surface area contributed by atoms with Crippen LogP contribution in [0.1, 0.15) is 32.4 Å². The predicted molar refractivity (Wildman–Crippen MR) is 115 cm³/mol. The lowest BCUT2D eigenvalue weighted by atomic mass is 10.1. The molecule has 1 amide bonds. The number of alkyl halides is 3. The number of carbonyl (C=O) groups excluding carboxylic acids is 1. The Morgan fingerprint density at radius 2 is 1.62 bits per heavy atom. The number of aromatic nitrogens is 2. The maximum absolute atomic E-state index is 13.5. The summed E-state index contributed by atoms with van der Waals surface area (Å²) < 4.78 is 45.6. The predicted octanol–water partition coefficient (Wildman–Crippen LogP) is 6.02. The second kappa shape index (κ2) is 9.25. The van der Waals surface area contributed by atoms with Crippen molar-refractivity contribution in [3.8, 4) is 11.3 Å². The summed E-state index contributed by atoms with van der Waals surface area (Å²) in [7, 11) is 0. The van der Waals surface area contributed by atoms with Crippen molar-refractivity contribution in [2.45, 2.75) is 38.6 Å². The van der Waals surface area contributed by atoms with Gasteiger partial charge in [-0.3, -0.25) is 0 Å². The van der Waals surface area contributed by atoms with E-state index in [1.807, 2.05) is 35.6 Å². The summed E-state index contributed by atoms with van der Waals surface area (Å²) in [6, 6.07) is 14.6. The smallest absolute Gasteiger partial charge is 0.412 e. The molecule has 168 valence electrons. The van der Waals surface area contributed by atoms with E-state index in [1.165, 1.54) is 24.3 Å². The van der Waals surface area contributed by atoms with Crippen LogP contribution in [0, 0.1) is 0 Å². The van der Waals surface area contributed by atoms with Gasteiger partial charge in [0.25, 0.3) is 0 Å². The number of halogens is 3. The molecule has 0 bridgehead atoms. The van der Waals surface area contributed by atoms with Gasteiger partial charge in [0.15, 0.2) is 6.04 Å². The van der Waals surface area contributed by atoms with Crippen LogP contribution in [0.15, 0.2) is 66.9 Å². The maximum atomic E-state index is 13.5. The zero-order valence-electron chi connectivity index (χ0n) is 17.8. The first-order valence-electron chi connectivity index (χ1n) is 9.83. The Morgan fingerprint density at radius 3 is 2.22 bits per heavy atom. The Labute approximate surface area is 183 Å². The highest BCUT2D eigenvalue weighted by Gasteiger charge is 2.42. The van der Waals surface area contributed by atoms with Crippen molar-refractivity contribution in [1.82, 2.24) is 15.3 Å². The standard InChI is InChI=1S/C23H23F3N4O2/c1-22(2,3)32-21(31)30-19(23(24,25)26)16-9-11-17(12-10-16)28-20-27-14-13-18(29-20)15-7-5-4-6-8-15/h4-14,19H,1-3H3,(H,30,31)(H,27,28,29). The fourth-order valence-electron chi connectivity index (χ4n) is 2.86. The zero-order valence-corrected chi connectivity index (χ0v) is 17.8. The van der Waals surface area contributed by atoms with Crippen LogP contribution in [0.25, 0.3) is 11.3 Å². The summed E-state index contributed by atoms with van der Waals surface area (Å²) >= 11 is 0. The molecule has 0 spiro atoms. The average molecular weight is 444 g/mol. The summed E-state index contributed by atoms with van der Waals surface area (Å²) in [4.78, 5) is 20.5. The van der Waals surface area contributed by atoms with Crippen LogP contribution >= 0.6 is 0 Å². The van der Waals surface area contributed by atoms with Crippen molar-refractivity contribution in [3.05, 3.63) is 72.4 Å². The Bertz CT molecular complexity index is 1050. The molecule has 0 saturated carbocycles. The number of anilines is 2. The number of ether oxygens (including phenoxy) is 1. The van der Waals surface area contributed by atoms with Crippen LogP contribution in [-0.2, 0) is 4.74 Å². The second-order valence-electron chi connectivity index (χ2n) is 8.00. The molecule has 32 heavy (non-hydrogen) atoms. The Balaban J connectivity index is 1.75. The van der Waals surface area contributed by atoms with E-state index in [4.69, 9.17) is 4.74 Å². The van der Waals surface area contributed by atoms with E-state index in [-0.39, 0.29) is 5.56 Å². The fraction of sp³-hybridized carbons (Fsp3) is 0.261. The van der Waals surface area contributed by atoms with Crippen LogP contribution in [0.2, 0.25) is 0 Å². The number of nitrogens with zero attached hydrogens (tertiary/aromatic N) is 2. The van der Waals surface area contributed by atoms with Gasteiger partial charge < -0.3 is 15.4 Å². The van der Waals surface area contributed by atoms with Gasteiger partial charge >= 0.3 is 12.3 Å². The largest absolute Gasteiger partial charge is 0.444 e. The van der Waals surface area contributed by atoms with Crippen molar-refractivity contribution in [2.24, 2.45) is 0 Å². The van der Waals surface area contributed by atoms with Crippen molar-refractivity contribution in [3.63, 3.8) is 0 Å². The van der Waals surface area contributed by atoms with Crippen molar-refractivity contribution >= 4 is 17.7 Å². The first-order chi connectivity index (χ1) is 15.0. The first-order valence-corrected chi connectivity index (χ1v) is 9.83. The number of alkyl carbamates (subject to hydrolysis) is 1. The van der Waals surface area contributed by atoms with Crippen LogP contribution in [0.5, 0.6) is 0 Å². The highest BCUT2D eigenvalue weighted by molar-refractivity contribution is 5.69. The molecule has 3 rings (SSSR count). The summed E-state index contributed by atoms with van der Waals surface area (Å²) in [5.41, 5.74) is 1.07. The molecule has 3 aromatic rings. The highest BCUT2D eigenvalue weighted by Crippen LogP contribution is 2.33. The minimum atomic E-state index is -4.70. The van der Waals surface area contributed by atoms with E-state index in [9.17, 15) is 18.0 Å². The van der Waals surface area contributed by atoms with E-state index < -0.39 is 23.9 Å². The summed E-state index contributed by atoms with van der Waals surface area (Å²) in [5, 5.41) is 4.87. The number of hydrogen-bond donors (Lipinski definition) is 2. The van der Waals surface area contributed by atoms with Crippen LogP contribution in [-0.4, -0.2) is 27.8 Å². The summed E-state index contributed by atoms with van der Waals surface area (Å²) in [6.45, 7) is 4.72. The molecular weight excluding hydrogens is 421 g/mol. The molecule has 1 heterocycles. The molecule has 1 unspecified atom stereocenters. The number of hydrogen-bond acceptors (Lipinski definition) is 5. The summed E-state index contributed by atoms with van der Waals surface area (Å²) in [5.74, 6) is 0.304. The van der Waals surface area contributed by atoms with Gasteiger partial charge in [0.2, 0.25) is 5.95 Å². The lowest BCUT2D eigenvalue weighted by Crippen LogP contribution is -2.41. The van der Waals surface area contributed by atoms with Gasteiger partial charge in [-0.2, -0.15) is 13.2 Å². The number of rotatable bonds is 5. The third-order valence-electron chi connectivity index (χ3n) is 4.21. The van der Waals surface area contributed by atoms with E-state index >= 15 is 0 Å². The molecule has 2 aromatic carbocycles. The van der Waals surface area contributed by atoms with Gasteiger partial charge in [-0.05, 0) is 44.5 Å². The van der Waals surface area contributed by atoms with E-state index in [1.54, 1.807) is 33.0 Å². The molecule has 2 N–H and O–H groups in total. The van der Waals surface area contributed by atoms with Gasteiger partial charge in [-0.1, -0.05) is 42.5 Å². The van der Waals surface area contributed by atoms with Gasteiger partial charge in [0.1, 0.15) is 5.60 Å². The number of amides is 1. The normalized spacial score (nSPS) is 12.7.